The molecular formula is C21H31NO4. The van der Waals surface area contributed by atoms with Gasteiger partial charge in [-0.05, 0) is 30.7 Å². The number of amides is 1. The van der Waals surface area contributed by atoms with Gasteiger partial charge in [0.2, 0.25) is 5.91 Å². The maximum Gasteiger partial charge on any atom is 0.328 e. The molecule has 1 saturated heterocycles. The van der Waals surface area contributed by atoms with Crippen molar-refractivity contribution in [2.45, 2.75) is 59.1 Å². The van der Waals surface area contributed by atoms with Gasteiger partial charge < -0.3 is 14.8 Å². The number of ether oxygens (including phenoxy) is 2. The molecule has 144 valence electrons. The molecule has 5 heteroatoms. The van der Waals surface area contributed by atoms with Crippen LogP contribution in [0.3, 0.4) is 0 Å². The molecule has 0 aliphatic carbocycles. The van der Waals surface area contributed by atoms with Crippen LogP contribution < -0.4 is 5.32 Å². The fourth-order valence-electron chi connectivity index (χ4n) is 2.95. The van der Waals surface area contributed by atoms with E-state index < -0.39 is 6.04 Å². The standard InChI is InChI=1S/C21H31NO4/c1-15(22-19(23)17-10-12-25-13-11-17)20(24)26-18(21(2,3)4)14-16-8-6-5-7-9-16/h5-9,15,17-18H,10-14H2,1-4H3,(H,22,23). The zero-order valence-corrected chi connectivity index (χ0v) is 16.3. The molecule has 1 N–H and O–H groups in total. The predicted octanol–water partition coefficient (Wildman–Crippen LogP) is 3.12. The largest absolute Gasteiger partial charge is 0.460 e. The molecule has 2 unspecified atom stereocenters. The van der Waals surface area contributed by atoms with Crippen molar-refractivity contribution >= 4 is 11.9 Å². The van der Waals surface area contributed by atoms with Crippen molar-refractivity contribution in [1.82, 2.24) is 5.32 Å². The number of nitrogens with one attached hydrogen (secondary N) is 1. The Morgan fingerprint density at radius 3 is 2.38 bits per heavy atom. The van der Waals surface area contributed by atoms with Gasteiger partial charge in [-0.2, -0.15) is 0 Å². The van der Waals surface area contributed by atoms with Crippen molar-refractivity contribution in [3.63, 3.8) is 0 Å². The zero-order chi connectivity index (χ0) is 19.2. The quantitative estimate of drug-likeness (QED) is 0.791. The molecule has 2 atom stereocenters. The zero-order valence-electron chi connectivity index (χ0n) is 16.3. The topological polar surface area (TPSA) is 64.6 Å². The number of esters is 1. The number of benzene rings is 1. The fraction of sp³-hybridized carbons (Fsp3) is 0.619. The number of hydrogen-bond donors (Lipinski definition) is 1. The van der Waals surface area contributed by atoms with Crippen LogP contribution in [-0.4, -0.2) is 37.2 Å². The Hall–Kier alpha value is -1.88. The summed E-state index contributed by atoms with van der Waals surface area (Å²) in [5.41, 5.74) is 0.926. The van der Waals surface area contributed by atoms with Gasteiger partial charge in [0.15, 0.2) is 0 Å². The molecule has 1 aromatic rings. The second-order valence-corrected chi connectivity index (χ2v) is 8.10. The Balaban J connectivity index is 1.93. The Bertz CT molecular complexity index is 588. The van der Waals surface area contributed by atoms with Crippen LogP contribution in [0.5, 0.6) is 0 Å². The number of carbonyl (C=O) groups excluding carboxylic acids is 2. The molecule has 1 amide bonds. The van der Waals surface area contributed by atoms with Crippen molar-refractivity contribution in [3.8, 4) is 0 Å². The van der Waals surface area contributed by atoms with Crippen LogP contribution in [0.25, 0.3) is 0 Å². The summed E-state index contributed by atoms with van der Waals surface area (Å²) in [6.07, 6.45) is 1.79. The summed E-state index contributed by atoms with van der Waals surface area (Å²) in [5, 5.41) is 2.80. The Morgan fingerprint density at radius 2 is 1.81 bits per heavy atom. The van der Waals surface area contributed by atoms with Gasteiger partial charge >= 0.3 is 5.97 Å². The maximum atomic E-state index is 12.5. The second kappa shape index (κ2) is 9.17. The highest BCUT2D eigenvalue weighted by atomic mass is 16.5. The van der Waals surface area contributed by atoms with Crippen LogP contribution in [0.1, 0.15) is 46.1 Å². The van der Waals surface area contributed by atoms with Crippen molar-refractivity contribution in [2.75, 3.05) is 13.2 Å². The van der Waals surface area contributed by atoms with E-state index in [-0.39, 0.29) is 29.3 Å². The van der Waals surface area contributed by atoms with Gasteiger partial charge in [-0.15, -0.1) is 0 Å². The summed E-state index contributed by atoms with van der Waals surface area (Å²) in [7, 11) is 0. The van der Waals surface area contributed by atoms with Gasteiger partial charge in [-0.1, -0.05) is 51.1 Å². The average Bonchev–Trinajstić information content (AvgIpc) is 2.61. The Kier molecular flexibility index (Phi) is 7.21. The molecule has 2 rings (SSSR count). The van der Waals surface area contributed by atoms with E-state index in [1.54, 1.807) is 6.92 Å². The van der Waals surface area contributed by atoms with E-state index in [0.717, 1.165) is 5.56 Å². The molecule has 0 aromatic heterocycles. The van der Waals surface area contributed by atoms with Crippen molar-refractivity contribution in [3.05, 3.63) is 35.9 Å². The SMILES string of the molecule is CC(NC(=O)C1CCOCC1)C(=O)OC(Cc1ccccc1)C(C)(C)C. The van der Waals surface area contributed by atoms with Gasteiger partial charge in [0.1, 0.15) is 12.1 Å². The lowest BCUT2D eigenvalue weighted by molar-refractivity contribution is -0.158. The molecule has 0 bridgehead atoms. The van der Waals surface area contributed by atoms with Gasteiger partial charge in [0, 0.05) is 25.6 Å². The second-order valence-electron chi connectivity index (χ2n) is 8.10. The molecular weight excluding hydrogens is 330 g/mol. The highest BCUT2D eigenvalue weighted by Gasteiger charge is 2.31. The minimum atomic E-state index is -0.661. The van der Waals surface area contributed by atoms with E-state index >= 15 is 0 Å². The molecule has 0 saturated carbocycles. The lowest BCUT2D eigenvalue weighted by Gasteiger charge is -2.32. The van der Waals surface area contributed by atoms with E-state index in [9.17, 15) is 9.59 Å². The van der Waals surface area contributed by atoms with Crippen molar-refractivity contribution in [2.24, 2.45) is 11.3 Å². The summed E-state index contributed by atoms with van der Waals surface area (Å²) in [6, 6.07) is 9.33. The molecule has 1 aromatic carbocycles. The summed E-state index contributed by atoms with van der Waals surface area (Å²) < 4.78 is 11.1. The molecule has 1 aliphatic heterocycles. The van der Waals surface area contributed by atoms with Gasteiger partial charge in [0.05, 0.1) is 0 Å². The smallest absolute Gasteiger partial charge is 0.328 e. The first kappa shape index (κ1) is 20.4. The first-order valence-electron chi connectivity index (χ1n) is 9.40. The van der Waals surface area contributed by atoms with E-state index in [4.69, 9.17) is 9.47 Å². The Labute approximate surface area is 156 Å². The third kappa shape index (κ3) is 6.13. The number of carbonyl (C=O) groups is 2. The lowest BCUT2D eigenvalue weighted by atomic mass is 9.85. The maximum absolute atomic E-state index is 12.5. The van der Waals surface area contributed by atoms with Crippen molar-refractivity contribution < 1.29 is 19.1 Å². The van der Waals surface area contributed by atoms with Crippen LogP contribution in [0.15, 0.2) is 30.3 Å². The molecule has 1 fully saturated rings. The van der Waals surface area contributed by atoms with Crippen molar-refractivity contribution in [1.29, 1.82) is 0 Å². The summed E-state index contributed by atoms with van der Waals surface area (Å²) in [5.74, 6) is -0.559. The van der Waals surface area contributed by atoms with Crippen LogP contribution in [0, 0.1) is 11.3 Å². The van der Waals surface area contributed by atoms with Gasteiger partial charge in [-0.25, -0.2) is 4.79 Å². The average molecular weight is 361 g/mol. The van der Waals surface area contributed by atoms with Crippen LogP contribution in [0.2, 0.25) is 0 Å². The third-order valence-electron chi connectivity index (χ3n) is 4.79. The highest BCUT2D eigenvalue weighted by Crippen LogP contribution is 2.26. The first-order valence-corrected chi connectivity index (χ1v) is 9.40. The van der Waals surface area contributed by atoms with E-state index in [1.165, 1.54) is 0 Å². The first-order chi connectivity index (χ1) is 12.3. The molecule has 5 nitrogen and oxygen atoms in total. The molecule has 1 aliphatic rings. The highest BCUT2D eigenvalue weighted by molar-refractivity contribution is 5.85. The van der Waals surface area contributed by atoms with Gasteiger partial charge in [-0.3, -0.25) is 4.79 Å². The molecule has 26 heavy (non-hydrogen) atoms. The van der Waals surface area contributed by atoms with Crippen LogP contribution in [-0.2, 0) is 25.5 Å². The third-order valence-corrected chi connectivity index (χ3v) is 4.79. The Morgan fingerprint density at radius 1 is 1.19 bits per heavy atom. The normalized spacial score (nSPS) is 18.0. The summed E-state index contributed by atoms with van der Waals surface area (Å²) >= 11 is 0. The summed E-state index contributed by atoms with van der Waals surface area (Å²) in [6.45, 7) is 9.04. The molecule has 1 heterocycles. The fourth-order valence-corrected chi connectivity index (χ4v) is 2.95. The van der Waals surface area contributed by atoms with E-state index in [2.05, 4.69) is 26.1 Å². The molecule has 0 spiro atoms. The van der Waals surface area contributed by atoms with E-state index in [0.29, 0.717) is 32.5 Å². The lowest BCUT2D eigenvalue weighted by Crippen LogP contribution is -2.46. The molecule has 0 radical (unpaired) electrons. The predicted molar refractivity (Wildman–Crippen MR) is 101 cm³/mol. The van der Waals surface area contributed by atoms with E-state index in [1.807, 2.05) is 30.3 Å². The van der Waals surface area contributed by atoms with Gasteiger partial charge in [0.25, 0.3) is 0 Å². The van der Waals surface area contributed by atoms with Crippen LogP contribution in [0.4, 0.5) is 0 Å². The number of rotatable bonds is 6. The van der Waals surface area contributed by atoms with Crippen LogP contribution >= 0.6 is 0 Å². The monoisotopic (exact) mass is 361 g/mol. The minimum Gasteiger partial charge on any atom is -0.460 e. The minimum absolute atomic E-state index is 0.0817. The number of hydrogen-bond acceptors (Lipinski definition) is 4. The summed E-state index contributed by atoms with van der Waals surface area (Å²) in [4.78, 5) is 24.9.